The lowest BCUT2D eigenvalue weighted by molar-refractivity contribution is -0.137. The molecule has 1 aliphatic heterocycles. The van der Waals surface area contributed by atoms with Crippen molar-refractivity contribution in [3.63, 3.8) is 0 Å². The van der Waals surface area contributed by atoms with Crippen LogP contribution >= 0.6 is 0 Å². The molecule has 3 aromatic rings. The SMILES string of the molecule is CNC(=O)c1ccccc1Nc1cc(Nc2ccc(C(=O)N3CCCCC3)cn2)ncc1C(F)(F)F. The van der Waals surface area contributed by atoms with Crippen LogP contribution in [0.15, 0.2) is 54.9 Å². The second-order valence-electron chi connectivity index (χ2n) is 8.27. The first-order valence-electron chi connectivity index (χ1n) is 11.4. The van der Waals surface area contributed by atoms with Crippen LogP contribution in [0.2, 0.25) is 0 Å². The third kappa shape index (κ3) is 5.73. The predicted octanol–water partition coefficient (Wildman–Crippen LogP) is 4.97. The molecule has 11 heteroatoms. The Balaban J connectivity index is 1.57. The highest BCUT2D eigenvalue weighted by molar-refractivity contribution is 6.00. The monoisotopic (exact) mass is 498 g/mol. The van der Waals surface area contributed by atoms with Gasteiger partial charge in [0.15, 0.2) is 0 Å². The number of carbonyl (C=O) groups is 2. The zero-order valence-electron chi connectivity index (χ0n) is 19.5. The summed E-state index contributed by atoms with van der Waals surface area (Å²) < 4.78 is 41.0. The highest BCUT2D eigenvalue weighted by atomic mass is 19.4. The number of nitrogens with one attached hydrogen (secondary N) is 3. The number of hydrogen-bond acceptors (Lipinski definition) is 6. The largest absolute Gasteiger partial charge is 0.419 e. The van der Waals surface area contributed by atoms with Crippen molar-refractivity contribution in [2.75, 3.05) is 30.8 Å². The van der Waals surface area contributed by atoms with E-state index in [-0.39, 0.29) is 28.7 Å². The summed E-state index contributed by atoms with van der Waals surface area (Å²) in [5.41, 5.74) is -0.437. The van der Waals surface area contributed by atoms with E-state index in [4.69, 9.17) is 0 Å². The summed E-state index contributed by atoms with van der Waals surface area (Å²) in [6, 6.07) is 10.6. The molecule has 3 N–H and O–H groups in total. The first-order chi connectivity index (χ1) is 17.3. The van der Waals surface area contributed by atoms with Gasteiger partial charge in [-0.1, -0.05) is 12.1 Å². The molecule has 4 rings (SSSR count). The third-order valence-corrected chi connectivity index (χ3v) is 5.79. The molecule has 1 saturated heterocycles. The molecule has 8 nitrogen and oxygen atoms in total. The molecule has 0 unspecified atom stereocenters. The second kappa shape index (κ2) is 10.6. The summed E-state index contributed by atoms with van der Waals surface area (Å²) in [5.74, 6) is -0.121. The van der Waals surface area contributed by atoms with Crippen molar-refractivity contribution in [3.05, 3.63) is 71.5 Å². The Kier molecular flexibility index (Phi) is 7.37. The van der Waals surface area contributed by atoms with Crippen LogP contribution in [0.3, 0.4) is 0 Å². The van der Waals surface area contributed by atoms with Gasteiger partial charge in [-0.2, -0.15) is 13.2 Å². The van der Waals surface area contributed by atoms with Crippen molar-refractivity contribution < 1.29 is 22.8 Å². The van der Waals surface area contributed by atoms with Crippen LogP contribution in [0.1, 0.15) is 45.5 Å². The molecule has 0 saturated carbocycles. The summed E-state index contributed by atoms with van der Waals surface area (Å²) in [7, 11) is 1.44. The highest BCUT2D eigenvalue weighted by Gasteiger charge is 2.34. The minimum Gasteiger partial charge on any atom is -0.355 e. The van der Waals surface area contributed by atoms with Crippen molar-refractivity contribution in [1.29, 1.82) is 0 Å². The summed E-state index contributed by atoms with van der Waals surface area (Å²) in [6.07, 6.45) is 0.526. The number of rotatable bonds is 6. The average Bonchev–Trinajstić information content (AvgIpc) is 2.88. The number of nitrogens with zero attached hydrogens (tertiary/aromatic N) is 3. The Hall–Kier alpha value is -4.15. The number of aromatic nitrogens is 2. The van der Waals surface area contributed by atoms with E-state index in [1.54, 1.807) is 29.2 Å². The van der Waals surface area contributed by atoms with Gasteiger partial charge in [-0.3, -0.25) is 9.59 Å². The quantitative estimate of drug-likeness (QED) is 0.444. The van der Waals surface area contributed by atoms with Crippen LogP contribution < -0.4 is 16.0 Å². The van der Waals surface area contributed by atoms with Gasteiger partial charge < -0.3 is 20.9 Å². The van der Waals surface area contributed by atoms with Crippen LogP contribution in [-0.2, 0) is 6.18 Å². The van der Waals surface area contributed by atoms with Crippen molar-refractivity contribution in [3.8, 4) is 0 Å². The van der Waals surface area contributed by atoms with Gasteiger partial charge >= 0.3 is 6.18 Å². The molecular weight excluding hydrogens is 473 g/mol. The summed E-state index contributed by atoms with van der Waals surface area (Å²) in [5, 5.41) is 8.06. The van der Waals surface area contributed by atoms with E-state index in [0.717, 1.165) is 19.3 Å². The van der Waals surface area contributed by atoms with Gasteiger partial charge in [0.1, 0.15) is 11.6 Å². The smallest absolute Gasteiger partial charge is 0.355 e. The number of amides is 2. The number of para-hydroxylation sites is 1. The Bertz CT molecular complexity index is 1240. The zero-order valence-corrected chi connectivity index (χ0v) is 19.5. The summed E-state index contributed by atoms with van der Waals surface area (Å²) in [6.45, 7) is 1.43. The predicted molar refractivity (Wildman–Crippen MR) is 130 cm³/mol. The number of piperidine rings is 1. The van der Waals surface area contributed by atoms with Crippen molar-refractivity contribution in [2.45, 2.75) is 25.4 Å². The van der Waals surface area contributed by atoms with Gasteiger partial charge in [-0.25, -0.2) is 9.97 Å². The minimum absolute atomic E-state index is 0.0947. The first kappa shape index (κ1) is 25.0. The number of carbonyl (C=O) groups excluding carboxylic acids is 2. The van der Waals surface area contributed by atoms with E-state index < -0.39 is 17.6 Å². The van der Waals surface area contributed by atoms with Gasteiger partial charge in [0.25, 0.3) is 11.8 Å². The lowest BCUT2D eigenvalue weighted by Crippen LogP contribution is -2.35. The minimum atomic E-state index is -4.68. The number of alkyl halides is 3. The van der Waals surface area contributed by atoms with Crippen LogP contribution in [0.4, 0.5) is 36.2 Å². The van der Waals surface area contributed by atoms with Gasteiger partial charge in [0, 0.05) is 38.6 Å². The molecule has 1 fully saturated rings. The number of anilines is 4. The molecule has 3 heterocycles. The van der Waals surface area contributed by atoms with Gasteiger partial charge in [-0.05, 0) is 43.5 Å². The van der Waals surface area contributed by atoms with E-state index in [1.807, 2.05) is 0 Å². The third-order valence-electron chi connectivity index (χ3n) is 5.79. The molecule has 1 aliphatic rings. The normalized spacial score (nSPS) is 13.7. The van der Waals surface area contributed by atoms with E-state index in [9.17, 15) is 22.8 Å². The van der Waals surface area contributed by atoms with E-state index in [2.05, 4.69) is 25.9 Å². The number of likely N-dealkylation sites (tertiary alicyclic amines) is 1. The molecule has 36 heavy (non-hydrogen) atoms. The molecule has 1 aromatic carbocycles. The molecule has 0 bridgehead atoms. The molecule has 0 aliphatic carbocycles. The molecule has 2 aromatic heterocycles. The van der Waals surface area contributed by atoms with Gasteiger partial charge in [0.2, 0.25) is 0 Å². The molecule has 188 valence electrons. The number of benzene rings is 1. The Morgan fingerprint density at radius 3 is 2.28 bits per heavy atom. The highest BCUT2D eigenvalue weighted by Crippen LogP contribution is 2.37. The van der Waals surface area contributed by atoms with Crippen LogP contribution in [0.25, 0.3) is 0 Å². The molecule has 0 radical (unpaired) electrons. The van der Waals surface area contributed by atoms with E-state index in [1.165, 1.54) is 31.4 Å². The lowest BCUT2D eigenvalue weighted by atomic mass is 10.1. The maximum atomic E-state index is 13.7. The van der Waals surface area contributed by atoms with Crippen molar-refractivity contribution in [2.24, 2.45) is 0 Å². The van der Waals surface area contributed by atoms with Gasteiger partial charge in [-0.15, -0.1) is 0 Å². The Morgan fingerprint density at radius 2 is 1.61 bits per heavy atom. The van der Waals surface area contributed by atoms with Crippen molar-refractivity contribution in [1.82, 2.24) is 20.2 Å². The fraction of sp³-hybridized carbons (Fsp3) is 0.280. The summed E-state index contributed by atoms with van der Waals surface area (Å²) in [4.78, 5) is 34.7. The fourth-order valence-corrected chi connectivity index (χ4v) is 3.93. The number of halogens is 3. The molecule has 0 spiro atoms. The number of hydrogen-bond donors (Lipinski definition) is 3. The average molecular weight is 499 g/mol. The Labute approximate surface area is 205 Å². The first-order valence-corrected chi connectivity index (χ1v) is 11.4. The topological polar surface area (TPSA) is 99.2 Å². The van der Waals surface area contributed by atoms with Crippen molar-refractivity contribution >= 4 is 34.8 Å². The molecule has 2 amide bonds. The summed E-state index contributed by atoms with van der Waals surface area (Å²) >= 11 is 0. The van der Waals surface area contributed by atoms with E-state index in [0.29, 0.717) is 30.7 Å². The van der Waals surface area contributed by atoms with Crippen LogP contribution in [0, 0.1) is 0 Å². The van der Waals surface area contributed by atoms with E-state index >= 15 is 0 Å². The number of pyridine rings is 2. The Morgan fingerprint density at radius 1 is 0.889 bits per heavy atom. The van der Waals surface area contributed by atoms with Crippen LogP contribution in [-0.4, -0.2) is 46.8 Å². The maximum Gasteiger partial charge on any atom is 0.419 e. The molecule has 0 atom stereocenters. The maximum absolute atomic E-state index is 13.7. The standard InChI is InChI=1S/C25H25F3N6O2/c1-29-23(35)17-7-3-4-8-19(17)32-20-13-22(31-15-18(20)25(26,27)28)33-21-10-9-16(14-30-21)24(36)34-11-5-2-6-12-34/h3-4,7-10,13-15H,2,5-6,11-12H2,1H3,(H,29,35)(H2,30,31,32,33). The van der Waals surface area contributed by atoms with Gasteiger partial charge in [0.05, 0.1) is 28.1 Å². The van der Waals surface area contributed by atoms with Crippen LogP contribution in [0.5, 0.6) is 0 Å². The lowest BCUT2D eigenvalue weighted by Gasteiger charge is -2.26. The second-order valence-corrected chi connectivity index (χ2v) is 8.27. The zero-order chi connectivity index (χ0) is 25.7. The molecular formula is C25H25F3N6O2. The fourth-order valence-electron chi connectivity index (χ4n) is 3.93.